The molecule has 1 amide bonds. The lowest BCUT2D eigenvalue weighted by atomic mass is 10.3. The standard InChI is InChI=1S/C13H20N2O4/c1-2-6-15(7-5-13(17)18)10-12(16)14-9-11-4-3-8-19-11/h3-4,8H,2,5-7,9-10H2,1H3,(H,14,16)(H,17,18). The van der Waals surface area contributed by atoms with Gasteiger partial charge >= 0.3 is 5.97 Å². The summed E-state index contributed by atoms with van der Waals surface area (Å²) in [6.45, 7) is 3.65. The molecule has 6 nitrogen and oxygen atoms in total. The molecule has 0 bridgehead atoms. The third-order valence-electron chi connectivity index (χ3n) is 2.59. The third-order valence-corrected chi connectivity index (χ3v) is 2.59. The zero-order chi connectivity index (χ0) is 14.1. The Morgan fingerprint density at radius 1 is 1.42 bits per heavy atom. The average molecular weight is 268 g/mol. The molecule has 1 heterocycles. The van der Waals surface area contributed by atoms with Gasteiger partial charge in [0.05, 0.1) is 25.8 Å². The van der Waals surface area contributed by atoms with E-state index in [4.69, 9.17) is 9.52 Å². The molecule has 1 rings (SSSR count). The van der Waals surface area contributed by atoms with Gasteiger partial charge in [0, 0.05) is 6.54 Å². The topological polar surface area (TPSA) is 82.8 Å². The summed E-state index contributed by atoms with van der Waals surface area (Å²) >= 11 is 0. The summed E-state index contributed by atoms with van der Waals surface area (Å²) in [5.41, 5.74) is 0. The maximum Gasteiger partial charge on any atom is 0.304 e. The van der Waals surface area contributed by atoms with E-state index in [0.29, 0.717) is 25.4 Å². The molecule has 0 aliphatic heterocycles. The predicted molar refractivity (Wildman–Crippen MR) is 69.5 cm³/mol. The molecule has 6 heteroatoms. The Morgan fingerprint density at radius 3 is 2.79 bits per heavy atom. The van der Waals surface area contributed by atoms with Gasteiger partial charge in [0.25, 0.3) is 0 Å². The minimum Gasteiger partial charge on any atom is -0.481 e. The summed E-state index contributed by atoms with van der Waals surface area (Å²) in [5.74, 6) is -0.284. The van der Waals surface area contributed by atoms with Crippen LogP contribution in [0.15, 0.2) is 22.8 Å². The molecule has 1 aromatic rings. The summed E-state index contributed by atoms with van der Waals surface area (Å²) in [6, 6.07) is 3.55. The van der Waals surface area contributed by atoms with E-state index in [1.54, 1.807) is 18.4 Å². The molecule has 0 radical (unpaired) electrons. The van der Waals surface area contributed by atoms with Crippen LogP contribution in [0.4, 0.5) is 0 Å². The monoisotopic (exact) mass is 268 g/mol. The van der Waals surface area contributed by atoms with Crippen molar-refractivity contribution in [1.82, 2.24) is 10.2 Å². The molecule has 19 heavy (non-hydrogen) atoms. The van der Waals surface area contributed by atoms with Gasteiger partial charge in [-0.15, -0.1) is 0 Å². The van der Waals surface area contributed by atoms with E-state index >= 15 is 0 Å². The Morgan fingerprint density at radius 2 is 2.21 bits per heavy atom. The van der Waals surface area contributed by atoms with Crippen molar-refractivity contribution in [3.05, 3.63) is 24.2 Å². The highest BCUT2D eigenvalue weighted by atomic mass is 16.4. The van der Waals surface area contributed by atoms with Crippen LogP contribution < -0.4 is 5.32 Å². The highest BCUT2D eigenvalue weighted by molar-refractivity contribution is 5.78. The molecule has 0 saturated carbocycles. The van der Waals surface area contributed by atoms with Crippen LogP contribution in [-0.4, -0.2) is 41.5 Å². The Labute approximate surface area is 112 Å². The van der Waals surface area contributed by atoms with Gasteiger partial charge in [-0.05, 0) is 25.1 Å². The maximum absolute atomic E-state index is 11.7. The number of nitrogens with one attached hydrogen (secondary N) is 1. The van der Waals surface area contributed by atoms with Crippen LogP contribution in [0.25, 0.3) is 0 Å². The third kappa shape index (κ3) is 6.61. The first-order chi connectivity index (χ1) is 9.11. The van der Waals surface area contributed by atoms with Gasteiger partial charge in [-0.2, -0.15) is 0 Å². The van der Waals surface area contributed by atoms with Gasteiger partial charge < -0.3 is 14.8 Å². The van der Waals surface area contributed by atoms with E-state index in [1.807, 2.05) is 11.8 Å². The summed E-state index contributed by atoms with van der Waals surface area (Å²) in [4.78, 5) is 24.1. The summed E-state index contributed by atoms with van der Waals surface area (Å²) < 4.78 is 5.11. The molecular formula is C13H20N2O4. The summed E-state index contributed by atoms with van der Waals surface area (Å²) in [6.07, 6.45) is 2.48. The first-order valence-corrected chi connectivity index (χ1v) is 6.35. The number of nitrogens with zero attached hydrogens (tertiary/aromatic N) is 1. The molecule has 0 atom stereocenters. The number of hydrogen-bond donors (Lipinski definition) is 2. The quantitative estimate of drug-likeness (QED) is 0.700. The van der Waals surface area contributed by atoms with E-state index < -0.39 is 5.97 Å². The minimum absolute atomic E-state index is 0.0471. The van der Waals surface area contributed by atoms with Crippen molar-refractivity contribution >= 4 is 11.9 Å². The first-order valence-electron chi connectivity index (χ1n) is 6.35. The second kappa shape index (κ2) is 8.31. The minimum atomic E-state index is -0.850. The van der Waals surface area contributed by atoms with Crippen molar-refractivity contribution in [1.29, 1.82) is 0 Å². The summed E-state index contributed by atoms with van der Waals surface area (Å²) in [7, 11) is 0. The maximum atomic E-state index is 11.7. The van der Waals surface area contributed by atoms with Gasteiger partial charge in [-0.25, -0.2) is 0 Å². The molecule has 0 fully saturated rings. The molecule has 0 unspecified atom stereocenters. The number of aliphatic carboxylic acids is 1. The molecule has 0 aliphatic carbocycles. The number of rotatable bonds is 9. The van der Waals surface area contributed by atoms with Crippen molar-refractivity contribution in [3.63, 3.8) is 0 Å². The Bertz CT molecular complexity index is 389. The van der Waals surface area contributed by atoms with Crippen LogP contribution in [0.3, 0.4) is 0 Å². The van der Waals surface area contributed by atoms with E-state index in [2.05, 4.69) is 5.32 Å². The van der Waals surface area contributed by atoms with Crippen LogP contribution >= 0.6 is 0 Å². The number of carboxylic acid groups (broad SMARTS) is 1. The number of furan rings is 1. The zero-order valence-corrected chi connectivity index (χ0v) is 11.1. The van der Waals surface area contributed by atoms with Crippen LogP contribution in [0.1, 0.15) is 25.5 Å². The lowest BCUT2D eigenvalue weighted by Gasteiger charge is -2.19. The van der Waals surface area contributed by atoms with Crippen LogP contribution in [0.2, 0.25) is 0 Å². The number of carboxylic acids is 1. The molecule has 0 aliphatic rings. The highest BCUT2D eigenvalue weighted by Crippen LogP contribution is 1.99. The molecular weight excluding hydrogens is 248 g/mol. The van der Waals surface area contributed by atoms with Gasteiger partial charge in [0.2, 0.25) is 5.91 Å². The van der Waals surface area contributed by atoms with Gasteiger partial charge in [0.15, 0.2) is 0 Å². The summed E-state index contributed by atoms with van der Waals surface area (Å²) in [5, 5.41) is 11.4. The van der Waals surface area contributed by atoms with E-state index in [0.717, 1.165) is 6.42 Å². The predicted octanol–water partition coefficient (Wildman–Crippen LogP) is 1.08. The molecule has 2 N–H and O–H groups in total. The van der Waals surface area contributed by atoms with Crippen molar-refractivity contribution in [3.8, 4) is 0 Å². The van der Waals surface area contributed by atoms with Crippen molar-refractivity contribution in [2.75, 3.05) is 19.6 Å². The lowest BCUT2D eigenvalue weighted by molar-refractivity contribution is -0.137. The molecule has 0 saturated heterocycles. The fourth-order valence-corrected chi connectivity index (χ4v) is 1.70. The second-order valence-corrected chi connectivity index (χ2v) is 4.28. The van der Waals surface area contributed by atoms with Gasteiger partial charge in [-0.3, -0.25) is 14.5 Å². The fraction of sp³-hybridized carbons (Fsp3) is 0.538. The highest BCUT2D eigenvalue weighted by Gasteiger charge is 2.11. The van der Waals surface area contributed by atoms with Gasteiger partial charge in [-0.1, -0.05) is 6.92 Å². The molecule has 1 aromatic heterocycles. The largest absolute Gasteiger partial charge is 0.481 e. The second-order valence-electron chi connectivity index (χ2n) is 4.28. The van der Waals surface area contributed by atoms with E-state index in [-0.39, 0.29) is 18.9 Å². The number of carbonyl (C=O) groups excluding carboxylic acids is 1. The van der Waals surface area contributed by atoms with Crippen molar-refractivity contribution < 1.29 is 19.1 Å². The number of carbonyl (C=O) groups is 2. The smallest absolute Gasteiger partial charge is 0.304 e. The lowest BCUT2D eigenvalue weighted by Crippen LogP contribution is -2.38. The van der Waals surface area contributed by atoms with Crippen LogP contribution in [0, 0.1) is 0 Å². The number of amides is 1. The molecule has 0 spiro atoms. The Kier molecular flexibility index (Phi) is 6.67. The van der Waals surface area contributed by atoms with Crippen molar-refractivity contribution in [2.24, 2.45) is 0 Å². The molecule has 0 aromatic carbocycles. The Hall–Kier alpha value is -1.82. The SMILES string of the molecule is CCCN(CCC(=O)O)CC(=O)NCc1ccco1. The van der Waals surface area contributed by atoms with E-state index in [9.17, 15) is 9.59 Å². The van der Waals surface area contributed by atoms with Crippen LogP contribution in [0.5, 0.6) is 0 Å². The first kappa shape index (κ1) is 15.2. The zero-order valence-electron chi connectivity index (χ0n) is 11.1. The Balaban J connectivity index is 2.31. The number of hydrogen-bond acceptors (Lipinski definition) is 4. The molecule has 106 valence electrons. The average Bonchev–Trinajstić information content (AvgIpc) is 2.87. The fourth-order valence-electron chi connectivity index (χ4n) is 1.70. The van der Waals surface area contributed by atoms with Crippen LogP contribution in [-0.2, 0) is 16.1 Å². The van der Waals surface area contributed by atoms with Crippen molar-refractivity contribution in [2.45, 2.75) is 26.3 Å². The van der Waals surface area contributed by atoms with Gasteiger partial charge in [0.1, 0.15) is 5.76 Å². The normalized spacial score (nSPS) is 10.6. The van der Waals surface area contributed by atoms with E-state index in [1.165, 1.54) is 0 Å².